The number of hydrogen-bond acceptors (Lipinski definition) is 2. The highest BCUT2D eigenvalue weighted by Crippen LogP contribution is 2.49. The maximum atomic E-state index is 5.17. The Morgan fingerprint density at radius 3 is 1.62 bits per heavy atom. The second kappa shape index (κ2) is 10.8. The van der Waals surface area contributed by atoms with Gasteiger partial charge in [-0.25, -0.2) is 9.97 Å². The number of benzene rings is 6. The fourth-order valence-electron chi connectivity index (χ4n) is 6.69. The van der Waals surface area contributed by atoms with Gasteiger partial charge in [-0.3, -0.25) is 0 Å². The molecule has 0 amide bonds. The van der Waals surface area contributed by atoms with Crippen LogP contribution in [-0.4, -0.2) is 9.97 Å². The fourth-order valence-corrected chi connectivity index (χ4v) is 6.69. The maximum absolute atomic E-state index is 5.17. The Hall–Kier alpha value is -5.60. The van der Waals surface area contributed by atoms with Crippen LogP contribution in [0.3, 0.4) is 0 Å². The third-order valence-electron chi connectivity index (χ3n) is 9.10. The van der Waals surface area contributed by atoms with Gasteiger partial charge in [0.15, 0.2) is 5.82 Å². The minimum atomic E-state index is -0.0417. The Morgan fingerprint density at radius 1 is 0.356 bits per heavy atom. The summed E-state index contributed by atoms with van der Waals surface area (Å²) < 4.78 is 0. The van der Waals surface area contributed by atoms with Crippen LogP contribution in [0.5, 0.6) is 0 Å². The molecule has 2 nitrogen and oxygen atoms in total. The molecule has 0 unspecified atom stereocenters. The third kappa shape index (κ3) is 4.85. The Kier molecular flexibility index (Phi) is 6.50. The zero-order valence-electron chi connectivity index (χ0n) is 25.4. The van der Waals surface area contributed by atoms with Crippen LogP contribution >= 0.6 is 0 Å². The molecule has 1 heterocycles. The first-order valence-corrected chi connectivity index (χ1v) is 15.5. The van der Waals surface area contributed by atoms with Gasteiger partial charge in [0, 0.05) is 22.1 Å². The highest BCUT2D eigenvalue weighted by Gasteiger charge is 2.35. The average molecular weight is 577 g/mol. The molecule has 0 bridgehead atoms. The largest absolute Gasteiger partial charge is 0.228 e. The molecule has 0 spiro atoms. The van der Waals surface area contributed by atoms with E-state index in [1.165, 1.54) is 38.9 Å². The summed E-state index contributed by atoms with van der Waals surface area (Å²) in [6.45, 7) is 4.66. The highest BCUT2D eigenvalue weighted by molar-refractivity contribution is 5.84. The lowest BCUT2D eigenvalue weighted by Gasteiger charge is -2.22. The maximum Gasteiger partial charge on any atom is 0.160 e. The number of nitrogens with zero attached hydrogens (tertiary/aromatic N) is 2. The summed E-state index contributed by atoms with van der Waals surface area (Å²) in [6.07, 6.45) is 0. The van der Waals surface area contributed by atoms with Crippen molar-refractivity contribution in [1.82, 2.24) is 9.97 Å². The smallest absolute Gasteiger partial charge is 0.160 e. The van der Waals surface area contributed by atoms with Crippen molar-refractivity contribution in [3.8, 4) is 67.3 Å². The zero-order valence-corrected chi connectivity index (χ0v) is 25.4. The van der Waals surface area contributed by atoms with Crippen molar-refractivity contribution in [3.05, 3.63) is 169 Å². The summed E-state index contributed by atoms with van der Waals surface area (Å²) in [7, 11) is 0. The van der Waals surface area contributed by atoms with Crippen LogP contribution in [0, 0.1) is 0 Å². The van der Waals surface area contributed by atoms with Crippen LogP contribution in [0.2, 0.25) is 0 Å². The lowest BCUT2D eigenvalue weighted by molar-refractivity contribution is 0.660. The van der Waals surface area contributed by atoms with Crippen LogP contribution in [0.4, 0.5) is 0 Å². The molecule has 8 rings (SSSR count). The first kappa shape index (κ1) is 27.0. The van der Waals surface area contributed by atoms with Gasteiger partial charge in [0.2, 0.25) is 0 Å². The van der Waals surface area contributed by atoms with Gasteiger partial charge in [-0.05, 0) is 68.8 Å². The molecule has 0 saturated heterocycles. The van der Waals surface area contributed by atoms with Crippen molar-refractivity contribution in [1.29, 1.82) is 0 Å². The number of rotatable bonds is 5. The minimum absolute atomic E-state index is 0.0417. The highest BCUT2D eigenvalue weighted by atomic mass is 14.9. The van der Waals surface area contributed by atoms with Crippen molar-refractivity contribution in [2.75, 3.05) is 0 Å². The molecule has 6 aromatic carbocycles. The predicted octanol–water partition coefficient (Wildman–Crippen LogP) is 11.1. The van der Waals surface area contributed by atoms with Crippen LogP contribution in [0.1, 0.15) is 25.0 Å². The lowest BCUT2D eigenvalue weighted by Crippen LogP contribution is -2.14. The summed E-state index contributed by atoms with van der Waals surface area (Å²) in [5.74, 6) is 0.714. The monoisotopic (exact) mass is 576 g/mol. The van der Waals surface area contributed by atoms with Gasteiger partial charge in [-0.15, -0.1) is 0 Å². The number of hydrogen-bond donors (Lipinski definition) is 0. The number of fused-ring (bicyclic) bond motifs is 3. The summed E-state index contributed by atoms with van der Waals surface area (Å²) >= 11 is 0. The molecular weight excluding hydrogens is 544 g/mol. The van der Waals surface area contributed by atoms with Crippen LogP contribution in [-0.2, 0) is 5.41 Å². The summed E-state index contributed by atoms with van der Waals surface area (Å²) in [5.41, 5.74) is 15.0. The van der Waals surface area contributed by atoms with Gasteiger partial charge >= 0.3 is 0 Å². The van der Waals surface area contributed by atoms with E-state index < -0.39 is 0 Å². The molecule has 1 aliphatic carbocycles. The summed E-state index contributed by atoms with van der Waals surface area (Å²) in [5, 5.41) is 0. The standard InChI is InChI=1S/C43H32N2/c1-43(2)38-22-10-9-21-36(38)37-24-23-33(27-39(37)43)32-18-11-19-34(25-32)41-28-40(30-15-7-4-8-16-30)44-42(45-41)35-20-12-17-31(26-35)29-13-5-3-6-14-29/h3-28H,1-2H3. The predicted molar refractivity (Wildman–Crippen MR) is 187 cm³/mol. The quantitative estimate of drug-likeness (QED) is 0.204. The van der Waals surface area contributed by atoms with Crippen molar-refractivity contribution >= 4 is 0 Å². The Labute approximate surface area is 264 Å². The average Bonchev–Trinajstić information content (AvgIpc) is 3.34. The molecule has 0 saturated carbocycles. The topological polar surface area (TPSA) is 25.8 Å². The van der Waals surface area contributed by atoms with E-state index in [0.717, 1.165) is 33.6 Å². The SMILES string of the molecule is CC1(C)c2ccccc2-c2ccc(-c3cccc(-c4cc(-c5ccccc5)nc(-c5cccc(-c6ccccc6)c5)n4)c3)cc21. The second-order valence-electron chi connectivity index (χ2n) is 12.3. The van der Waals surface area contributed by atoms with Crippen LogP contribution < -0.4 is 0 Å². The Bertz CT molecular complexity index is 2180. The molecule has 0 fully saturated rings. The van der Waals surface area contributed by atoms with Crippen molar-refractivity contribution < 1.29 is 0 Å². The molecule has 0 N–H and O–H groups in total. The Morgan fingerprint density at radius 2 is 0.867 bits per heavy atom. The van der Waals surface area contributed by atoms with E-state index in [2.05, 4.69) is 159 Å². The Balaban J connectivity index is 1.23. The molecule has 1 aromatic heterocycles. The van der Waals surface area contributed by atoms with E-state index in [9.17, 15) is 0 Å². The first-order chi connectivity index (χ1) is 22.0. The fraction of sp³-hybridized carbons (Fsp3) is 0.0698. The molecule has 0 radical (unpaired) electrons. The zero-order chi connectivity index (χ0) is 30.4. The molecular formula is C43H32N2. The minimum Gasteiger partial charge on any atom is -0.228 e. The normalized spacial score (nSPS) is 12.8. The lowest BCUT2D eigenvalue weighted by atomic mass is 9.81. The van der Waals surface area contributed by atoms with Crippen LogP contribution in [0.25, 0.3) is 67.3 Å². The van der Waals surface area contributed by atoms with Gasteiger partial charge in [0.05, 0.1) is 11.4 Å². The second-order valence-corrected chi connectivity index (χ2v) is 12.3. The molecule has 45 heavy (non-hydrogen) atoms. The first-order valence-electron chi connectivity index (χ1n) is 15.5. The molecule has 0 aliphatic heterocycles. The summed E-state index contributed by atoms with van der Waals surface area (Å²) in [4.78, 5) is 10.2. The molecule has 2 heteroatoms. The van der Waals surface area contributed by atoms with E-state index in [-0.39, 0.29) is 5.41 Å². The van der Waals surface area contributed by atoms with Crippen LogP contribution in [0.15, 0.2) is 158 Å². The van der Waals surface area contributed by atoms with E-state index >= 15 is 0 Å². The molecule has 1 aliphatic rings. The van der Waals surface area contributed by atoms with Crippen molar-refractivity contribution in [2.24, 2.45) is 0 Å². The third-order valence-corrected chi connectivity index (χ3v) is 9.10. The molecule has 7 aromatic rings. The van der Waals surface area contributed by atoms with E-state index in [4.69, 9.17) is 9.97 Å². The van der Waals surface area contributed by atoms with Gasteiger partial charge in [0.25, 0.3) is 0 Å². The van der Waals surface area contributed by atoms with E-state index in [1.54, 1.807) is 0 Å². The van der Waals surface area contributed by atoms with E-state index in [1.807, 2.05) is 12.1 Å². The van der Waals surface area contributed by atoms with Gasteiger partial charge < -0.3 is 0 Å². The van der Waals surface area contributed by atoms with Gasteiger partial charge in [-0.1, -0.05) is 147 Å². The number of aromatic nitrogens is 2. The summed E-state index contributed by atoms with van der Waals surface area (Å²) in [6, 6.07) is 55.9. The molecule has 214 valence electrons. The van der Waals surface area contributed by atoms with E-state index in [0.29, 0.717) is 5.82 Å². The van der Waals surface area contributed by atoms with Crippen molar-refractivity contribution in [2.45, 2.75) is 19.3 Å². The van der Waals surface area contributed by atoms with Crippen molar-refractivity contribution in [3.63, 3.8) is 0 Å². The molecule has 0 atom stereocenters. The van der Waals surface area contributed by atoms with Gasteiger partial charge in [-0.2, -0.15) is 0 Å². The van der Waals surface area contributed by atoms with Gasteiger partial charge in [0.1, 0.15) is 0 Å².